The highest BCUT2D eigenvalue weighted by molar-refractivity contribution is 7.91. The van der Waals surface area contributed by atoms with E-state index < -0.39 is 21.4 Å². The number of hydrogen-bond acceptors (Lipinski definition) is 4. The topological polar surface area (TPSA) is 83.5 Å². The zero-order chi connectivity index (χ0) is 15.7. The van der Waals surface area contributed by atoms with Gasteiger partial charge in [0.15, 0.2) is 9.84 Å². The van der Waals surface area contributed by atoms with Gasteiger partial charge in [-0.2, -0.15) is 0 Å². The number of nitrogens with one attached hydrogen (secondary N) is 1. The van der Waals surface area contributed by atoms with E-state index in [4.69, 9.17) is 0 Å². The Morgan fingerprint density at radius 2 is 1.83 bits per heavy atom. The maximum Gasteiger partial charge on any atom is 0.224 e. The minimum absolute atomic E-state index is 0.0230. The lowest BCUT2D eigenvalue weighted by Crippen LogP contribution is -2.59. The van der Waals surface area contributed by atoms with Gasteiger partial charge in [0.25, 0.3) is 0 Å². The largest absolute Gasteiger partial charge is 0.387 e. The monoisotopic (exact) mass is 337 g/mol. The van der Waals surface area contributed by atoms with Crippen LogP contribution in [0.2, 0.25) is 0 Å². The first-order chi connectivity index (χ1) is 10.9. The van der Waals surface area contributed by atoms with Gasteiger partial charge in [-0.25, -0.2) is 8.42 Å². The van der Waals surface area contributed by atoms with E-state index in [-0.39, 0.29) is 17.4 Å². The molecule has 0 aromatic heterocycles. The van der Waals surface area contributed by atoms with Crippen molar-refractivity contribution in [2.45, 2.75) is 24.9 Å². The molecular formula is C17H23NO4S. The van der Waals surface area contributed by atoms with E-state index in [0.29, 0.717) is 42.6 Å². The summed E-state index contributed by atoms with van der Waals surface area (Å²) in [5, 5.41) is 14.4. The number of hydrogen-bond donors (Lipinski definition) is 2. The van der Waals surface area contributed by atoms with E-state index in [2.05, 4.69) is 5.32 Å². The first kappa shape index (κ1) is 13.6. The van der Waals surface area contributed by atoms with Crippen molar-refractivity contribution in [3.63, 3.8) is 0 Å². The van der Waals surface area contributed by atoms with Crippen LogP contribution in [-0.2, 0) is 14.6 Å². The van der Waals surface area contributed by atoms with Gasteiger partial charge in [0.05, 0.1) is 23.0 Å². The molecule has 2 bridgehead atoms. The number of aliphatic hydroxyl groups is 1. The lowest BCUT2D eigenvalue weighted by molar-refractivity contribution is -0.139. The van der Waals surface area contributed by atoms with Crippen LogP contribution in [0, 0.1) is 53.3 Å². The third-order valence-corrected chi connectivity index (χ3v) is 10.4. The van der Waals surface area contributed by atoms with Gasteiger partial charge in [-0.05, 0) is 66.6 Å². The van der Waals surface area contributed by atoms with Crippen molar-refractivity contribution in [1.82, 2.24) is 5.32 Å². The number of amides is 1. The molecule has 6 heteroatoms. The van der Waals surface area contributed by atoms with Gasteiger partial charge >= 0.3 is 0 Å². The van der Waals surface area contributed by atoms with E-state index in [1.54, 1.807) is 0 Å². The second-order valence-corrected chi connectivity index (χ2v) is 11.4. The Bertz CT molecular complexity index is 714. The van der Waals surface area contributed by atoms with E-state index in [0.717, 1.165) is 17.8 Å². The number of sulfone groups is 1. The van der Waals surface area contributed by atoms with Crippen LogP contribution in [-0.4, -0.2) is 43.1 Å². The quantitative estimate of drug-likeness (QED) is 0.762. The smallest absolute Gasteiger partial charge is 0.224 e. The number of carbonyl (C=O) groups is 1. The molecular weight excluding hydrogens is 314 g/mol. The Labute approximate surface area is 136 Å². The van der Waals surface area contributed by atoms with Gasteiger partial charge in [-0.15, -0.1) is 0 Å². The van der Waals surface area contributed by atoms with Gasteiger partial charge in [0.2, 0.25) is 5.91 Å². The fourth-order valence-electron chi connectivity index (χ4n) is 8.34. The predicted octanol–water partition coefficient (Wildman–Crippen LogP) is 0.0462. The molecule has 0 radical (unpaired) electrons. The summed E-state index contributed by atoms with van der Waals surface area (Å²) in [6, 6.07) is 0. The first-order valence-corrected chi connectivity index (χ1v) is 10.9. The highest BCUT2D eigenvalue weighted by atomic mass is 32.2. The molecule has 1 aliphatic heterocycles. The molecule has 6 rings (SSSR count). The molecule has 0 aromatic carbocycles. The van der Waals surface area contributed by atoms with Crippen LogP contribution >= 0.6 is 0 Å². The Morgan fingerprint density at radius 3 is 2.57 bits per heavy atom. The molecule has 10 atom stereocenters. The Morgan fingerprint density at radius 1 is 1.09 bits per heavy atom. The number of rotatable bonds is 3. The lowest BCUT2D eigenvalue weighted by atomic mass is 9.56. The van der Waals surface area contributed by atoms with E-state index in [9.17, 15) is 18.3 Å². The maximum atomic E-state index is 12.3. The number of fused-ring (bicyclic) bond motifs is 2. The fourth-order valence-corrected chi connectivity index (χ4v) is 10.1. The summed E-state index contributed by atoms with van der Waals surface area (Å²) in [7, 11) is -3.04. The molecule has 1 amide bonds. The average Bonchev–Trinajstić information content (AvgIpc) is 3.10. The Kier molecular flexibility index (Phi) is 2.25. The molecule has 10 unspecified atom stereocenters. The molecule has 1 saturated heterocycles. The highest BCUT2D eigenvalue weighted by Gasteiger charge is 2.84. The van der Waals surface area contributed by atoms with Crippen LogP contribution in [0.4, 0.5) is 0 Å². The molecule has 5 saturated carbocycles. The average molecular weight is 337 g/mol. The van der Waals surface area contributed by atoms with Crippen LogP contribution in [0.15, 0.2) is 0 Å². The van der Waals surface area contributed by atoms with Gasteiger partial charge in [0, 0.05) is 6.54 Å². The van der Waals surface area contributed by atoms with Crippen LogP contribution in [0.3, 0.4) is 0 Å². The van der Waals surface area contributed by atoms with Crippen LogP contribution in [0.1, 0.15) is 19.3 Å². The van der Waals surface area contributed by atoms with E-state index in [1.807, 2.05) is 0 Å². The second-order valence-electron chi connectivity index (χ2n) is 9.14. The molecule has 6 fully saturated rings. The second kappa shape index (κ2) is 3.79. The maximum absolute atomic E-state index is 12.3. The zero-order valence-corrected chi connectivity index (χ0v) is 13.8. The molecule has 1 heterocycles. The van der Waals surface area contributed by atoms with Gasteiger partial charge in [0.1, 0.15) is 0 Å². The summed E-state index contributed by atoms with van der Waals surface area (Å²) in [6.07, 6.45) is 3.06. The van der Waals surface area contributed by atoms with E-state index >= 15 is 0 Å². The molecule has 0 spiro atoms. The van der Waals surface area contributed by atoms with Crippen molar-refractivity contribution in [2.24, 2.45) is 53.3 Å². The van der Waals surface area contributed by atoms with Crippen LogP contribution in [0.25, 0.3) is 0 Å². The molecule has 126 valence electrons. The van der Waals surface area contributed by atoms with Gasteiger partial charge < -0.3 is 10.4 Å². The molecule has 2 N–H and O–H groups in total. The van der Waals surface area contributed by atoms with Crippen molar-refractivity contribution in [3.8, 4) is 0 Å². The van der Waals surface area contributed by atoms with E-state index in [1.165, 1.54) is 12.8 Å². The molecule has 5 nitrogen and oxygen atoms in total. The molecule has 6 aliphatic rings. The van der Waals surface area contributed by atoms with Crippen molar-refractivity contribution >= 4 is 15.7 Å². The number of carbonyl (C=O) groups excluding carboxylic acids is 1. The Hall–Kier alpha value is -0.620. The van der Waals surface area contributed by atoms with Gasteiger partial charge in [-0.3, -0.25) is 4.79 Å². The third kappa shape index (κ3) is 1.38. The predicted molar refractivity (Wildman–Crippen MR) is 81.9 cm³/mol. The first-order valence-electron chi connectivity index (χ1n) is 9.11. The molecule has 0 aromatic rings. The Balaban J connectivity index is 1.21. The third-order valence-electron chi connectivity index (χ3n) is 8.67. The summed E-state index contributed by atoms with van der Waals surface area (Å²) in [6.45, 7) is 0.344. The van der Waals surface area contributed by atoms with Crippen LogP contribution < -0.4 is 5.32 Å². The van der Waals surface area contributed by atoms with Crippen molar-refractivity contribution in [1.29, 1.82) is 0 Å². The van der Waals surface area contributed by atoms with Crippen molar-refractivity contribution < 1.29 is 18.3 Å². The fraction of sp³-hybridized carbons (Fsp3) is 0.941. The highest BCUT2D eigenvalue weighted by Crippen LogP contribution is 2.85. The standard InChI is InChI=1S/C17H23NO4S/c19-16(7-1-2-23(21,22)5-7)18-6-17(20)14-9-4-10-12-8(9)3-11(14)13(12)15(10)17/h7-15,20H,1-6H2,(H,18,19). The van der Waals surface area contributed by atoms with Crippen LogP contribution in [0.5, 0.6) is 0 Å². The molecule has 5 aliphatic carbocycles. The van der Waals surface area contributed by atoms with Crippen molar-refractivity contribution in [3.05, 3.63) is 0 Å². The minimum Gasteiger partial charge on any atom is -0.387 e. The van der Waals surface area contributed by atoms with Gasteiger partial charge in [-0.1, -0.05) is 0 Å². The summed E-state index contributed by atoms with van der Waals surface area (Å²) < 4.78 is 23.1. The summed E-state index contributed by atoms with van der Waals surface area (Å²) >= 11 is 0. The lowest BCUT2D eigenvalue weighted by Gasteiger charge is -2.51. The summed E-state index contributed by atoms with van der Waals surface area (Å²) in [5.74, 6) is 4.88. The summed E-state index contributed by atoms with van der Waals surface area (Å²) in [5.41, 5.74) is -0.711. The normalized spacial score (nSPS) is 62.0. The zero-order valence-electron chi connectivity index (χ0n) is 13.0. The minimum atomic E-state index is -3.04. The molecule has 23 heavy (non-hydrogen) atoms. The SMILES string of the molecule is O=C(NCC1(O)C2C3CC4C5C3CC2C5C41)C1CCS(=O)(=O)C1. The van der Waals surface area contributed by atoms with Crippen molar-refractivity contribution in [2.75, 3.05) is 18.1 Å². The summed E-state index contributed by atoms with van der Waals surface area (Å²) in [4.78, 5) is 12.3.